The van der Waals surface area contributed by atoms with Gasteiger partial charge in [-0.05, 0) is 31.5 Å². The zero-order valence-electron chi connectivity index (χ0n) is 16.7. The molecule has 0 aromatic heterocycles. The van der Waals surface area contributed by atoms with Gasteiger partial charge in [0.15, 0.2) is 5.79 Å². The fourth-order valence-corrected chi connectivity index (χ4v) is 3.62. The number of aliphatic hydroxyl groups is 1. The molecule has 1 aliphatic carbocycles. The van der Waals surface area contributed by atoms with Crippen LogP contribution in [0.2, 0.25) is 0 Å². The first-order valence-corrected chi connectivity index (χ1v) is 9.49. The molecule has 4 N–H and O–H groups in total. The molecule has 7 nitrogen and oxygen atoms in total. The van der Waals surface area contributed by atoms with Gasteiger partial charge in [0.2, 0.25) is 0 Å². The third kappa shape index (κ3) is 4.75. The van der Waals surface area contributed by atoms with Gasteiger partial charge in [-0.2, -0.15) is 0 Å². The maximum atomic E-state index is 12.8. The second-order valence-electron chi connectivity index (χ2n) is 7.86. The van der Waals surface area contributed by atoms with Gasteiger partial charge < -0.3 is 25.6 Å². The fourth-order valence-electron chi connectivity index (χ4n) is 3.62. The Morgan fingerprint density at radius 1 is 1.14 bits per heavy atom. The Labute approximate surface area is 169 Å². The molecule has 3 atom stereocenters. The second kappa shape index (κ2) is 7.85. The number of hydrogen-bond donors (Lipinski definition) is 4. The van der Waals surface area contributed by atoms with Gasteiger partial charge in [0.25, 0.3) is 0 Å². The molecule has 1 saturated carbocycles. The molecule has 2 aromatic carbocycles. The highest BCUT2D eigenvalue weighted by molar-refractivity contribution is 6.00. The van der Waals surface area contributed by atoms with E-state index in [1.165, 1.54) is 12.1 Å². The van der Waals surface area contributed by atoms with E-state index >= 15 is 0 Å². The van der Waals surface area contributed by atoms with Crippen molar-refractivity contribution in [2.75, 3.05) is 5.32 Å². The van der Waals surface area contributed by atoms with Crippen molar-refractivity contribution in [3.05, 3.63) is 65.7 Å². The number of ether oxygens (including phenoxy) is 1. The quantitative estimate of drug-likeness (QED) is 0.533. The Kier molecular flexibility index (Phi) is 5.64. The van der Waals surface area contributed by atoms with Gasteiger partial charge in [0.05, 0.1) is 22.9 Å². The predicted octanol–water partition coefficient (Wildman–Crippen LogP) is 3.57. The summed E-state index contributed by atoms with van der Waals surface area (Å²) in [6, 6.07) is 15.4. The average molecular weight is 398 g/mol. The molecule has 2 aromatic rings. The Balaban J connectivity index is 1.81. The lowest BCUT2D eigenvalue weighted by Gasteiger charge is -2.29. The van der Waals surface area contributed by atoms with Gasteiger partial charge in [0.1, 0.15) is 0 Å². The summed E-state index contributed by atoms with van der Waals surface area (Å²) in [5.74, 6) is -2.55. The van der Waals surface area contributed by atoms with E-state index in [0.717, 1.165) is 5.56 Å². The topological polar surface area (TPSA) is 108 Å². The van der Waals surface area contributed by atoms with E-state index in [1.54, 1.807) is 26.0 Å². The third-order valence-electron chi connectivity index (χ3n) is 5.19. The summed E-state index contributed by atoms with van der Waals surface area (Å²) >= 11 is 0. The van der Waals surface area contributed by atoms with E-state index in [4.69, 9.17) is 4.74 Å². The Morgan fingerprint density at radius 2 is 1.76 bits per heavy atom. The molecule has 0 radical (unpaired) electrons. The van der Waals surface area contributed by atoms with Crippen molar-refractivity contribution in [3.63, 3.8) is 0 Å². The van der Waals surface area contributed by atoms with Crippen molar-refractivity contribution >= 4 is 17.7 Å². The first kappa shape index (κ1) is 20.8. The molecule has 1 aliphatic rings. The number of carboxylic acid groups (broad SMARTS) is 1. The van der Waals surface area contributed by atoms with Crippen molar-refractivity contribution in [1.82, 2.24) is 5.32 Å². The number of carbonyl (C=O) groups is 2. The number of hydrogen-bond acceptors (Lipinski definition) is 4. The number of amides is 2. The molecule has 3 rings (SSSR count). The number of carboxylic acids is 1. The summed E-state index contributed by atoms with van der Waals surface area (Å²) in [6.45, 7) is 5.09. The van der Waals surface area contributed by atoms with Gasteiger partial charge in [-0.1, -0.05) is 49.4 Å². The molecule has 0 aliphatic heterocycles. The van der Waals surface area contributed by atoms with Gasteiger partial charge in [-0.25, -0.2) is 9.59 Å². The number of anilines is 1. The number of benzene rings is 2. The molecule has 0 heterocycles. The minimum Gasteiger partial charge on any atom is -0.478 e. The molecule has 0 spiro atoms. The maximum absolute atomic E-state index is 12.8. The average Bonchev–Trinajstić information content (AvgIpc) is 3.32. The molecule has 154 valence electrons. The lowest BCUT2D eigenvalue weighted by Crippen LogP contribution is -2.47. The molecule has 0 saturated heterocycles. The molecule has 7 heteroatoms. The summed E-state index contributed by atoms with van der Waals surface area (Å²) in [4.78, 5) is 24.1. The van der Waals surface area contributed by atoms with Crippen LogP contribution >= 0.6 is 0 Å². The lowest BCUT2D eigenvalue weighted by molar-refractivity contribution is -0.188. The Hall–Kier alpha value is -2.90. The van der Waals surface area contributed by atoms with Crippen LogP contribution in [0.5, 0.6) is 0 Å². The number of aromatic carboxylic acids is 1. The smallest absolute Gasteiger partial charge is 0.337 e. The molecule has 2 amide bonds. The Bertz CT molecular complexity index is 894. The highest BCUT2D eigenvalue weighted by atomic mass is 16.6. The van der Waals surface area contributed by atoms with Crippen molar-refractivity contribution < 1.29 is 24.5 Å². The van der Waals surface area contributed by atoms with Crippen LogP contribution in [0.15, 0.2) is 54.6 Å². The van der Waals surface area contributed by atoms with E-state index in [-0.39, 0.29) is 23.3 Å². The Morgan fingerprint density at radius 3 is 2.38 bits per heavy atom. The summed E-state index contributed by atoms with van der Waals surface area (Å²) in [5, 5.41) is 25.0. The summed E-state index contributed by atoms with van der Waals surface area (Å²) in [6.07, 6.45) is 0.152. The van der Waals surface area contributed by atoms with Crippen LogP contribution in [0.25, 0.3) is 0 Å². The normalized spacial score (nSPS) is 21.9. The van der Waals surface area contributed by atoms with Gasteiger partial charge in [0, 0.05) is 12.3 Å². The SMILES string of the molecule is CC(c1ccccc1)C1(NC(=O)Nc2ccccc2C(=O)O)CC1OC(C)(C)O. The highest BCUT2D eigenvalue weighted by Gasteiger charge is 2.61. The van der Waals surface area contributed by atoms with E-state index in [9.17, 15) is 19.8 Å². The molecular weight excluding hydrogens is 372 g/mol. The summed E-state index contributed by atoms with van der Waals surface area (Å²) < 4.78 is 5.74. The van der Waals surface area contributed by atoms with Crippen molar-refractivity contribution in [3.8, 4) is 0 Å². The number of carbonyl (C=O) groups excluding carboxylic acids is 1. The predicted molar refractivity (Wildman–Crippen MR) is 109 cm³/mol. The second-order valence-corrected chi connectivity index (χ2v) is 7.86. The minimum absolute atomic E-state index is 0.00731. The molecule has 3 unspecified atom stereocenters. The number of urea groups is 1. The summed E-state index contributed by atoms with van der Waals surface area (Å²) in [7, 11) is 0. The van der Waals surface area contributed by atoms with Crippen LogP contribution in [0, 0.1) is 0 Å². The summed E-state index contributed by atoms with van der Waals surface area (Å²) in [5.41, 5.74) is 0.526. The maximum Gasteiger partial charge on any atom is 0.337 e. The van der Waals surface area contributed by atoms with Crippen molar-refractivity contribution in [2.24, 2.45) is 0 Å². The number of rotatable bonds is 7. The molecule has 1 fully saturated rings. The number of para-hydroxylation sites is 1. The van der Waals surface area contributed by atoms with E-state index in [2.05, 4.69) is 10.6 Å². The van der Waals surface area contributed by atoms with Gasteiger partial charge in [-0.3, -0.25) is 0 Å². The van der Waals surface area contributed by atoms with Gasteiger partial charge in [-0.15, -0.1) is 0 Å². The molecule has 29 heavy (non-hydrogen) atoms. The largest absolute Gasteiger partial charge is 0.478 e. The van der Waals surface area contributed by atoms with Crippen molar-refractivity contribution in [1.29, 1.82) is 0 Å². The zero-order chi connectivity index (χ0) is 21.2. The van der Waals surface area contributed by atoms with Crippen LogP contribution < -0.4 is 10.6 Å². The van der Waals surface area contributed by atoms with Crippen LogP contribution in [0.3, 0.4) is 0 Å². The minimum atomic E-state index is -1.34. The first-order chi connectivity index (χ1) is 13.6. The van der Waals surface area contributed by atoms with E-state index < -0.39 is 23.3 Å². The van der Waals surface area contributed by atoms with Crippen LogP contribution in [0.1, 0.15) is 49.0 Å². The molecule has 0 bridgehead atoms. The van der Waals surface area contributed by atoms with E-state index in [1.807, 2.05) is 37.3 Å². The highest BCUT2D eigenvalue weighted by Crippen LogP contribution is 2.50. The standard InChI is InChI=1S/C22H26N2O5/c1-14(15-9-5-4-6-10-15)22(13-18(22)29-21(2,3)28)24-20(27)23-17-12-8-7-11-16(17)19(25)26/h4-12,14,18,28H,13H2,1-3H3,(H,25,26)(H2,23,24,27). The van der Waals surface area contributed by atoms with Crippen LogP contribution in [-0.2, 0) is 4.74 Å². The van der Waals surface area contributed by atoms with Gasteiger partial charge >= 0.3 is 12.0 Å². The van der Waals surface area contributed by atoms with Crippen LogP contribution in [0.4, 0.5) is 10.5 Å². The first-order valence-electron chi connectivity index (χ1n) is 9.49. The van der Waals surface area contributed by atoms with Crippen molar-refractivity contribution in [2.45, 2.75) is 50.5 Å². The van der Waals surface area contributed by atoms with E-state index in [0.29, 0.717) is 6.42 Å². The monoisotopic (exact) mass is 398 g/mol. The zero-order valence-corrected chi connectivity index (χ0v) is 16.7. The number of nitrogens with one attached hydrogen (secondary N) is 2. The molecular formula is C22H26N2O5. The fraction of sp³-hybridized carbons (Fsp3) is 0.364. The third-order valence-corrected chi connectivity index (χ3v) is 5.19. The van der Waals surface area contributed by atoms with Crippen LogP contribution in [-0.4, -0.2) is 39.6 Å². The lowest BCUT2D eigenvalue weighted by atomic mass is 9.90.